The van der Waals surface area contributed by atoms with Crippen LogP contribution in [-0.4, -0.2) is 39.8 Å². The van der Waals surface area contributed by atoms with E-state index in [1.165, 1.54) is 17.2 Å². The second-order valence-electron chi connectivity index (χ2n) is 4.38. The Morgan fingerprint density at radius 2 is 2.15 bits per heavy atom. The zero-order valence-corrected chi connectivity index (χ0v) is 10.2. The first-order chi connectivity index (χ1) is 9.56. The Morgan fingerprint density at radius 3 is 2.85 bits per heavy atom. The lowest BCUT2D eigenvalue weighted by atomic mass is 10.1. The summed E-state index contributed by atoms with van der Waals surface area (Å²) in [6.45, 7) is 0.212. The first-order valence-electron chi connectivity index (χ1n) is 5.88. The Bertz CT molecular complexity index is 736. The molecule has 3 amide bonds. The van der Waals surface area contributed by atoms with Crippen LogP contribution in [0.1, 0.15) is 16.8 Å². The minimum absolute atomic E-state index is 0.0518. The van der Waals surface area contributed by atoms with Gasteiger partial charge >= 0.3 is 12.0 Å². The number of benzene rings is 1. The van der Waals surface area contributed by atoms with Gasteiger partial charge in [-0.2, -0.15) is 5.10 Å². The van der Waals surface area contributed by atoms with E-state index in [9.17, 15) is 19.5 Å². The monoisotopic (exact) mass is 274 g/mol. The fourth-order valence-corrected chi connectivity index (χ4v) is 2.18. The molecule has 2 heterocycles. The smallest absolute Gasteiger partial charge is 0.336 e. The number of urea groups is 1. The molecule has 0 bridgehead atoms. The van der Waals surface area contributed by atoms with Gasteiger partial charge in [0.2, 0.25) is 5.91 Å². The van der Waals surface area contributed by atoms with Crippen LogP contribution in [0.5, 0.6) is 0 Å². The van der Waals surface area contributed by atoms with Crippen LogP contribution in [0.15, 0.2) is 18.3 Å². The SMILES string of the molecule is O=C1CCN(c2cc(C(=O)O)c3cn[nH]c3c2)C(=O)N1. The van der Waals surface area contributed by atoms with Crippen LogP contribution in [0.2, 0.25) is 0 Å². The number of hydrogen-bond acceptors (Lipinski definition) is 4. The molecule has 1 fully saturated rings. The summed E-state index contributed by atoms with van der Waals surface area (Å²) in [7, 11) is 0. The van der Waals surface area contributed by atoms with E-state index in [1.807, 2.05) is 0 Å². The number of fused-ring (bicyclic) bond motifs is 1. The molecule has 3 N–H and O–H groups in total. The summed E-state index contributed by atoms with van der Waals surface area (Å²) in [5.41, 5.74) is 0.977. The van der Waals surface area contributed by atoms with Gasteiger partial charge in [0.1, 0.15) is 0 Å². The molecule has 2 aromatic rings. The average Bonchev–Trinajstić information content (AvgIpc) is 2.85. The van der Waals surface area contributed by atoms with Crippen LogP contribution >= 0.6 is 0 Å². The third-order valence-electron chi connectivity index (χ3n) is 3.14. The van der Waals surface area contributed by atoms with E-state index in [0.717, 1.165) is 0 Å². The Kier molecular flexibility index (Phi) is 2.63. The minimum atomic E-state index is -1.10. The summed E-state index contributed by atoms with van der Waals surface area (Å²) in [5, 5.41) is 18.4. The molecular weight excluding hydrogens is 264 g/mol. The number of carbonyl (C=O) groups is 3. The molecule has 1 aliphatic heterocycles. The number of H-pyrrole nitrogens is 1. The number of aromatic carboxylic acids is 1. The molecule has 0 atom stereocenters. The number of carboxylic acid groups (broad SMARTS) is 1. The summed E-state index contributed by atoms with van der Waals surface area (Å²) >= 11 is 0. The number of aromatic nitrogens is 2. The van der Waals surface area contributed by atoms with Crippen LogP contribution in [0.4, 0.5) is 10.5 Å². The molecule has 102 valence electrons. The maximum atomic E-state index is 11.8. The lowest BCUT2D eigenvalue weighted by Crippen LogP contribution is -2.49. The molecule has 1 aromatic carbocycles. The third-order valence-corrected chi connectivity index (χ3v) is 3.14. The number of rotatable bonds is 2. The maximum absolute atomic E-state index is 11.8. The van der Waals surface area contributed by atoms with Crippen molar-refractivity contribution in [2.45, 2.75) is 6.42 Å². The molecule has 0 radical (unpaired) electrons. The third kappa shape index (κ3) is 1.87. The number of nitrogens with one attached hydrogen (secondary N) is 2. The normalized spacial score (nSPS) is 15.5. The van der Waals surface area contributed by atoms with E-state index in [4.69, 9.17) is 0 Å². The van der Waals surface area contributed by atoms with E-state index in [1.54, 1.807) is 6.07 Å². The fourth-order valence-electron chi connectivity index (χ4n) is 2.18. The van der Waals surface area contributed by atoms with Gasteiger partial charge in [-0.1, -0.05) is 0 Å². The Hall–Kier alpha value is -2.90. The maximum Gasteiger partial charge on any atom is 0.336 e. The van der Waals surface area contributed by atoms with E-state index < -0.39 is 12.0 Å². The summed E-state index contributed by atoms with van der Waals surface area (Å²) < 4.78 is 0. The molecule has 0 spiro atoms. The zero-order valence-electron chi connectivity index (χ0n) is 10.2. The van der Waals surface area contributed by atoms with E-state index in [2.05, 4.69) is 15.5 Å². The van der Waals surface area contributed by atoms with Gasteiger partial charge in [-0.3, -0.25) is 20.1 Å². The van der Waals surface area contributed by atoms with Crippen molar-refractivity contribution in [2.75, 3.05) is 11.4 Å². The van der Waals surface area contributed by atoms with E-state index in [0.29, 0.717) is 16.6 Å². The summed E-state index contributed by atoms with van der Waals surface area (Å²) in [6.07, 6.45) is 1.59. The molecule has 0 aliphatic carbocycles. The molecule has 8 heteroatoms. The molecule has 0 saturated carbocycles. The largest absolute Gasteiger partial charge is 0.478 e. The number of aromatic amines is 1. The van der Waals surface area contributed by atoms with Gasteiger partial charge in [-0.25, -0.2) is 9.59 Å². The predicted octanol–water partition coefficient (Wildman–Crippen LogP) is 0.707. The molecule has 20 heavy (non-hydrogen) atoms. The van der Waals surface area contributed by atoms with Crippen molar-refractivity contribution in [1.82, 2.24) is 15.5 Å². The number of imide groups is 1. The van der Waals surface area contributed by atoms with Gasteiger partial charge in [0, 0.05) is 24.0 Å². The van der Waals surface area contributed by atoms with Gasteiger partial charge in [-0.15, -0.1) is 0 Å². The topological polar surface area (TPSA) is 115 Å². The van der Waals surface area contributed by atoms with Crippen molar-refractivity contribution >= 4 is 34.5 Å². The number of hydrogen-bond donors (Lipinski definition) is 3. The lowest BCUT2D eigenvalue weighted by Gasteiger charge is -2.26. The fraction of sp³-hybridized carbons (Fsp3) is 0.167. The highest BCUT2D eigenvalue weighted by molar-refractivity contribution is 6.09. The van der Waals surface area contributed by atoms with Crippen molar-refractivity contribution < 1.29 is 19.5 Å². The summed E-state index contributed by atoms with van der Waals surface area (Å²) in [4.78, 5) is 35.5. The molecule has 1 saturated heterocycles. The molecule has 0 unspecified atom stereocenters. The first kappa shape index (κ1) is 12.2. The van der Waals surface area contributed by atoms with Crippen molar-refractivity contribution in [3.63, 3.8) is 0 Å². The number of nitrogens with zero attached hydrogens (tertiary/aromatic N) is 2. The standard InChI is InChI=1S/C12H10N4O4/c17-10-1-2-16(12(20)14-10)6-3-7(11(18)19)8-5-13-15-9(8)4-6/h3-5H,1-2H2,(H,13,15)(H,18,19)(H,14,17,20). The average molecular weight is 274 g/mol. The zero-order chi connectivity index (χ0) is 14.3. The van der Waals surface area contributed by atoms with E-state index >= 15 is 0 Å². The van der Waals surface area contributed by atoms with Crippen LogP contribution in [0.3, 0.4) is 0 Å². The molecule has 8 nitrogen and oxygen atoms in total. The molecular formula is C12H10N4O4. The van der Waals surface area contributed by atoms with Crippen molar-refractivity contribution in [3.05, 3.63) is 23.9 Å². The second kappa shape index (κ2) is 4.34. The van der Waals surface area contributed by atoms with Gasteiger partial charge in [0.05, 0.1) is 17.3 Å². The highest BCUT2D eigenvalue weighted by Crippen LogP contribution is 2.26. The molecule has 1 aliphatic rings. The van der Waals surface area contributed by atoms with Crippen molar-refractivity contribution in [2.24, 2.45) is 0 Å². The number of carboxylic acids is 1. The minimum Gasteiger partial charge on any atom is -0.478 e. The summed E-state index contributed by atoms with van der Waals surface area (Å²) in [6, 6.07) is 2.47. The van der Waals surface area contributed by atoms with Crippen LogP contribution in [-0.2, 0) is 4.79 Å². The van der Waals surface area contributed by atoms with Gasteiger partial charge < -0.3 is 5.11 Å². The van der Waals surface area contributed by atoms with E-state index in [-0.39, 0.29) is 24.4 Å². The summed E-state index contributed by atoms with van der Waals surface area (Å²) in [5.74, 6) is -1.45. The number of carbonyl (C=O) groups excluding carboxylic acids is 2. The Labute approximate surface area is 112 Å². The Morgan fingerprint density at radius 1 is 1.35 bits per heavy atom. The lowest BCUT2D eigenvalue weighted by molar-refractivity contribution is -0.120. The van der Waals surface area contributed by atoms with Crippen molar-refractivity contribution in [1.29, 1.82) is 0 Å². The molecule has 3 rings (SSSR count). The molecule has 1 aromatic heterocycles. The number of amides is 3. The van der Waals surface area contributed by atoms with Gasteiger partial charge in [-0.05, 0) is 12.1 Å². The highest BCUT2D eigenvalue weighted by Gasteiger charge is 2.25. The van der Waals surface area contributed by atoms with Crippen LogP contribution < -0.4 is 10.2 Å². The van der Waals surface area contributed by atoms with Crippen molar-refractivity contribution in [3.8, 4) is 0 Å². The van der Waals surface area contributed by atoms with Crippen LogP contribution in [0, 0.1) is 0 Å². The van der Waals surface area contributed by atoms with Gasteiger partial charge in [0.25, 0.3) is 0 Å². The predicted molar refractivity (Wildman–Crippen MR) is 68.6 cm³/mol. The van der Waals surface area contributed by atoms with Crippen LogP contribution in [0.25, 0.3) is 10.9 Å². The first-order valence-corrected chi connectivity index (χ1v) is 5.88. The Balaban J connectivity index is 2.10. The quantitative estimate of drug-likeness (QED) is 0.745. The second-order valence-corrected chi connectivity index (χ2v) is 4.38. The van der Waals surface area contributed by atoms with Gasteiger partial charge in [0.15, 0.2) is 0 Å². The number of anilines is 1. The highest BCUT2D eigenvalue weighted by atomic mass is 16.4.